The molecule has 19 heavy (non-hydrogen) atoms. The molecule has 110 valence electrons. The molecule has 0 spiro atoms. The van der Waals surface area contributed by atoms with E-state index in [9.17, 15) is 0 Å². The van der Waals surface area contributed by atoms with Gasteiger partial charge >= 0.3 is 0 Å². The zero-order chi connectivity index (χ0) is 13.9. The maximum absolute atomic E-state index is 2.34. The molecule has 0 radical (unpaired) electrons. The summed E-state index contributed by atoms with van der Waals surface area (Å²) in [6, 6.07) is 0. The van der Waals surface area contributed by atoms with Gasteiger partial charge in [-0.1, -0.05) is 46.5 Å². The van der Waals surface area contributed by atoms with E-state index in [1.54, 1.807) is 0 Å². The van der Waals surface area contributed by atoms with Crippen LogP contribution in [0.4, 0.5) is 0 Å². The number of hydrogen-bond acceptors (Lipinski definition) is 0. The van der Waals surface area contributed by atoms with Crippen molar-refractivity contribution in [2.24, 2.45) is 5.92 Å². The third kappa shape index (κ3) is 8.07. The van der Waals surface area contributed by atoms with Crippen LogP contribution in [-0.4, -0.2) is 4.57 Å². The number of hydrogen-bond donors (Lipinski definition) is 0. The fraction of sp³-hybridized carbons (Fsp3) is 0.824. The summed E-state index contributed by atoms with van der Waals surface area (Å²) in [6.07, 6.45) is 17.6. The molecule has 0 N–H and O–H groups in total. The Labute approximate surface area is 119 Å². The first-order valence-electron chi connectivity index (χ1n) is 8.27. The molecular formula is C17H33N2+. The summed E-state index contributed by atoms with van der Waals surface area (Å²) in [5, 5.41) is 0. The first kappa shape index (κ1) is 16.3. The molecule has 0 fully saturated rings. The normalized spacial score (nSPS) is 11.4. The first-order chi connectivity index (χ1) is 9.22. The van der Waals surface area contributed by atoms with Crippen LogP contribution in [0, 0.1) is 5.92 Å². The van der Waals surface area contributed by atoms with Gasteiger partial charge in [-0.3, -0.25) is 0 Å². The van der Waals surface area contributed by atoms with Crippen molar-refractivity contribution >= 4 is 0 Å². The second-order valence-corrected chi connectivity index (χ2v) is 6.19. The summed E-state index contributed by atoms with van der Waals surface area (Å²) < 4.78 is 4.68. The Morgan fingerprint density at radius 1 is 1.00 bits per heavy atom. The average Bonchev–Trinajstić information content (AvgIpc) is 2.81. The SMILES string of the molecule is CCCCCCCCn1cc[n+](CCCC(C)C)c1. The molecule has 0 aromatic carbocycles. The highest BCUT2D eigenvalue weighted by molar-refractivity contribution is 4.66. The van der Waals surface area contributed by atoms with E-state index >= 15 is 0 Å². The van der Waals surface area contributed by atoms with E-state index in [0.29, 0.717) is 0 Å². The second kappa shape index (κ2) is 10.1. The van der Waals surface area contributed by atoms with Crippen LogP contribution >= 0.6 is 0 Å². The molecule has 0 aliphatic heterocycles. The summed E-state index contributed by atoms with van der Waals surface area (Å²) in [4.78, 5) is 0. The van der Waals surface area contributed by atoms with Crippen molar-refractivity contribution in [1.82, 2.24) is 4.57 Å². The fourth-order valence-corrected chi connectivity index (χ4v) is 2.46. The minimum Gasteiger partial charge on any atom is -0.237 e. The van der Waals surface area contributed by atoms with Gasteiger partial charge in [0.15, 0.2) is 0 Å². The van der Waals surface area contributed by atoms with Gasteiger partial charge in [0.05, 0.1) is 13.1 Å². The Balaban J connectivity index is 2.09. The van der Waals surface area contributed by atoms with Crippen molar-refractivity contribution in [2.45, 2.75) is 85.2 Å². The van der Waals surface area contributed by atoms with Gasteiger partial charge in [0.1, 0.15) is 12.4 Å². The molecule has 0 amide bonds. The molecule has 1 heterocycles. The number of aromatic nitrogens is 2. The second-order valence-electron chi connectivity index (χ2n) is 6.19. The van der Waals surface area contributed by atoms with Crippen molar-refractivity contribution in [2.75, 3.05) is 0 Å². The Bertz CT molecular complexity index is 315. The Morgan fingerprint density at radius 3 is 2.47 bits per heavy atom. The van der Waals surface area contributed by atoms with Gasteiger partial charge in [-0.25, -0.2) is 9.13 Å². The molecule has 0 aliphatic rings. The molecule has 0 aliphatic carbocycles. The monoisotopic (exact) mass is 265 g/mol. The topological polar surface area (TPSA) is 8.81 Å². The predicted octanol–water partition coefficient (Wildman–Crippen LogP) is 4.57. The third-order valence-corrected chi connectivity index (χ3v) is 3.71. The van der Waals surface area contributed by atoms with Gasteiger partial charge in [-0.2, -0.15) is 0 Å². The van der Waals surface area contributed by atoms with Gasteiger partial charge < -0.3 is 0 Å². The van der Waals surface area contributed by atoms with Gasteiger partial charge in [0, 0.05) is 0 Å². The van der Waals surface area contributed by atoms with Gasteiger partial charge in [0.25, 0.3) is 0 Å². The zero-order valence-electron chi connectivity index (χ0n) is 13.3. The van der Waals surface area contributed by atoms with Crippen LogP contribution in [0.2, 0.25) is 0 Å². The van der Waals surface area contributed by atoms with Gasteiger partial charge in [-0.15, -0.1) is 0 Å². The van der Waals surface area contributed by atoms with E-state index in [2.05, 4.69) is 48.6 Å². The predicted molar refractivity (Wildman–Crippen MR) is 82.1 cm³/mol. The van der Waals surface area contributed by atoms with E-state index in [1.165, 1.54) is 64.5 Å². The van der Waals surface area contributed by atoms with Gasteiger partial charge in [-0.05, 0) is 31.6 Å². The van der Waals surface area contributed by atoms with E-state index in [4.69, 9.17) is 0 Å². The lowest BCUT2D eigenvalue weighted by atomic mass is 10.1. The molecule has 2 heteroatoms. The van der Waals surface area contributed by atoms with Crippen molar-refractivity contribution in [3.05, 3.63) is 18.7 Å². The molecule has 0 saturated carbocycles. The van der Waals surface area contributed by atoms with Crippen LogP contribution in [0.3, 0.4) is 0 Å². The fourth-order valence-electron chi connectivity index (χ4n) is 2.46. The first-order valence-corrected chi connectivity index (χ1v) is 8.27. The minimum absolute atomic E-state index is 0.825. The highest BCUT2D eigenvalue weighted by Crippen LogP contribution is 2.06. The molecule has 1 aromatic heterocycles. The number of aryl methyl sites for hydroxylation is 2. The highest BCUT2D eigenvalue weighted by Gasteiger charge is 2.03. The van der Waals surface area contributed by atoms with E-state index < -0.39 is 0 Å². The highest BCUT2D eigenvalue weighted by atomic mass is 15.1. The molecule has 1 aromatic rings. The van der Waals surface area contributed by atoms with Crippen molar-refractivity contribution in [3.8, 4) is 0 Å². The summed E-state index contributed by atoms with van der Waals surface area (Å²) in [7, 11) is 0. The molecule has 1 rings (SSSR count). The average molecular weight is 265 g/mol. The maximum atomic E-state index is 2.34. The van der Waals surface area contributed by atoms with E-state index in [1.807, 2.05) is 0 Å². The van der Waals surface area contributed by atoms with Crippen LogP contribution < -0.4 is 4.57 Å². The smallest absolute Gasteiger partial charge is 0.237 e. The van der Waals surface area contributed by atoms with Crippen molar-refractivity contribution in [1.29, 1.82) is 0 Å². The summed E-state index contributed by atoms with van der Waals surface area (Å²) in [5.41, 5.74) is 0. The largest absolute Gasteiger partial charge is 0.243 e. The molecule has 0 saturated heterocycles. The van der Waals surface area contributed by atoms with E-state index in [-0.39, 0.29) is 0 Å². The molecular weight excluding hydrogens is 232 g/mol. The van der Waals surface area contributed by atoms with Gasteiger partial charge in [0.2, 0.25) is 6.33 Å². The maximum Gasteiger partial charge on any atom is 0.243 e. The Hall–Kier alpha value is -0.790. The van der Waals surface area contributed by atoms with Crippen molar-refractivity contribution < 1.29 is 4.57 Å². The number of imidazole rings is 1. The number of rotatable bonds is 11. The number of nitrogens with zero attached hydrogens (tertiary/aromatic N) is 2. The summed E-state index contributed by atoms with van der Waals surface area (Å²) >= 11 is 0. The molecule has 0 atom stereocenters. The minimum atomic E-state index is 0.825. The van der Waals surface area contributed by atoms with Crippen LogP contribution in [0.15, 0.2) is 18.7 Å². The van der Waals surface area contributed by atoms with Crippen LogP contribution in [-0.2, 0) is 13.1 Å². The molecule has 0 unspecified atom stereocenters. The van der Waals surface area contributed by atoms with Crippen LogP contribution in [0.1, 0.15) is 72.1 Å². The zero-order valence-corrected chi connectivity index (χ0v) is 13.3. The standard InChI is InChI=1S/C17H33N2/c1-4-5-6-7-8-9-12-18-14-15-19(16-18)13-10-11-17(2)3/h14-17H,4-13H2,1-3H3/q+1. The summed E-state index contributed by atoms with van der Waals surface area (Å²) in [5.74, 6) is 0.825. The van der Waals surface area contributed by atoms with E-state index in [0.717, 1.165) is 5.92 Å². The Kier molecular flexibility index (Phi) is 8.61. The van der Waals surface area contributed by atoms with Crippen LogP contribution in [0.5, 0.6) is 0 Å². The lowest BCUT2D eigenvalue weighted by Gasteiger charge is -2.01. The lowest BCUT2D eigenvalue weighted by molar-refractivity contribution is -0.697. The number of unbranched alkanes of at least 4 members (excludes halogenated alkanes) is 5. The van der Waals surface area contributed by atoms with Crippen LogP contribution in [0.25, 0.3) is 0 Å². The molecule has 2 nitrogen and oxygen atoms in total. The molecule has 0 bridgehead atoms. The third-order valence-electron chi connectivity index (χ3n) is 3.71. The Morgan fingerprint density at radius 2 is 1.74 bits per heavy atom. The lowest BCUT2D eigenvalue weighted by Crippen LogP contribution is -2.31. The quantitative estimate of drug-likeness (QED) is 0.409. The van der Waals surface area contributed by atoms with Crippen molar-refractivity contribution in [3.63, 3.8) is 0 Å². The summed E-state index contributed by atoms with van der Waals surface area (Å²) in [6.45, 7) is 9.23.